The van der Waals surface area contributed by atoms with Gasteiger partial charge in [-0.1, -0.05) is 51.7 Å². The van der Waals surface area contributed by atoms with E-state index >= 15 is 0 Å². The van der Waals surface area contributed by atoms with Gasteiger partial charge in [-0.2, -0.15) is 0 Å². The third-order valence-electron chi connectivity index (χ3n) is 3.46. The van der Waals surface area contributed by atoms with Crippen LogP contribution >= 0.6 is 0 Å². The van der Waals surface area contributed by atoms with E-state index in [1.807, 2.05) is 6.08 Å². The van der Waals surface area contributed by atoms with Gasteiger partial charge in [-0.25, -0.2) is 4.79 Å². The highest BCUT2D eigenvalue weighted by Gasteiger charge is 2.09. The lowest BCUT2D eigenvalue weighted by Gasteiger charge is -2.12. The Kier molecular flexibility index (Phi) is 13.7. The molecule has 0 bridgehead atoms. The summed E-state index contributed by atoms with van der Waals surface area (Å²) in [6, 6.07) is 0. The minimum Gasteiger partial charge on any atom is -0.461 e. The van der Waals surface area contributed by atoms with Crippen LogP contribution in [-0.4, -0.2) is 31.9 Å². The van der Waals surface area contributed by atoms with E-state index in [0.29, 0.717) is 5.57 Å². The Morgan fingerprint density at radius 3 is 2.21 bits per heavy atom. The van der Waals surface area contributed by atoms with Crippen LogP contribution in [0.5, 0.6) is 0 Å². The highest BCUT2D eigenvalue weighted by molar-refractivity contribution is 5.66. The average molecular weight is 340 g/mol. The van der Waals surface area contributed by atoms with Crippen molar-refractivity contribution in [1.29, 1.82) is 0 Å². The van der Waals surface area contributed by atoms with Gasteiger partial charge in [0.1, 0.15) is 13.2 Å². The van der Waals surface area contributed by atoms with Gasteiger partial charge in [-0.3, -0.25) is 4.79 Å². The topological polar surface area (TPSA) is 61.8 Å². The molecule has 0 aromatic rings. The Morgan fingerprint density at radius 2 is 1.58 bits per heavy atom. The van der Waals surface area contributed by atoms with Gasteiger partial charge in [0.05, 0.1) is 6.61 Å². The second kappa shape index (κ2) is 14.8. The summed E-state index contributed by atoms with van der Waals surface area (Å²) in [6.45, 7) is 9.63. The minimum absolute atomic E-state index is 0.0302. The van der Waals surface area contributed by atoms with E-state index in [1.54, 1.807) is 6.92 Å². The van der Waals surface area contributed by atoms with Crippen LogP contribution in [0.15, 0.2) is 23.8 Å². The van der Waals surface area contributed by atoms with Crippen LogP contribution in [0.25, 0.3) is 0 Å². The van der Waals surface area contributed by atoms with Gasteiger partial charge in [0.15, 0.2) is 0 Å². The fraction of sp³-hybridized carbons (Fsp3) is 0.684. The number of ether oxygens (including phenoxy) is 3. The summed E-state index contributed by atoms with van der Waals surface area (Å²) in [5, 5.41) is 0. The maximum Gasteiger partial charge on any atom is 0.508 e. The van der Waals surface area contributed by atoms with Crippen LogP contribution in [0.2, 0.25) is 0 Å². The summed E-state index contributed by atoms with van der Waals surface area (Å²) < 4.78 is 14.7. The number of carbonyl (C=O) groups excluding carboxylic acids is 2. The van der Waals surface area contributed by atoms with E-state index in [-0.39, 0.29) is 25.8 Å². The average Bonchev–Trinajstić information content (AvgIpc) is 2.54. The van der Waals surface area contributed by atoms with Crippen molar-refractivity contribution >= 4 is 12.1 Å². The molecule has 0 rings (SSSR count). The number of rotatable bonds is 13. The van der Waals surface area contributed by atoms with Gasteiger partial charge in [0, 0.05) is 6.92 Å². The molecule has 24 heavy (non-hydrogen) atoms. The third kappa shape index (κ3) is 12.7. The second-order valence-electron chi connectivity index (χ2n) is 5.64. The summed E-state index contributed by atoms with van der Waals surface area (Å²) in [6.07, 6.45) is 9.50. The molecule has 5 heteroatoms. The highest BCUT2D eigenvalue weighted by atomic mass is 16.7. The summed E-state index contributed by atoms with van der Waals surface area (Å²) in [4.78, 5) is 22.2. The van der Waals surface area contributed by atoms with Crippen molar-refractivity contribution in [2.75, 3.05) is 19.8 Å². The van der Waals surface area contributed by atoms with Gasteiger partial charge in [-0.05, 0) is 30.9 Å². The van der Waals surface area contributed by atoms with Crippen molar-refractivity contribution in [3.8, 4) is 0 Å². The van der Waals surface area contributed by atoms with E-state index in [9.17, 15) is 9.59 Å². The van der Waals surface area contributed by atoms with Crippen molar-refractivity contribution in [3.05, 3.63) is 23.8 Å². The maximum atomic E-state index is 11.2. The smallest absolute Gasteiger partial charge is 0.461 e. The van der Waals surface area contributed by atoms with Crippen LogP contribution in [0.1, 0.15) is 65.7 Å². The molecule has 0 heterocycles. The van der Waals surface area contributed by atoms with Crippen molar-refractivity contribution in [3.63, 3.8) is 0 Å². The molecule has 0 radical (unpaired) electrons. The summed E-state index contributed by atoms with van der Waals surface area (Å²) in [7, 11) is 0. The molecule has 0 aromatic carbocycles. The van der Waals surface area contributed by atoms with Crippen LogP contribution < -0.4 is 0 Å². The van der Waals surface area contributed by atoms with Gasteiger partial charge in [-0.15, -0.1) is 0 Å². The molecule has 0 saturated heterocycles. The second-order valence-corrected chi connectivity index (χ2v) is 5.64. The molecule has 0 atom stereocenters. The lowest BCUT2D eigenvalue weighted by atomic mass is 10.0. The maximum absolute atomic E-state index is 11.2. The zero-order valence-electron chi connectivity index (χ0n) is 15.4. The SMILES string of the molecule is C=C(COC(=O)OCC)/C(=C/CCCCCCCC)COC(C)=O. The van der Waals surface area contributed by atoms with Crippen molar-refractivity contribution in [2.45, 2.75) is 65.7 Å². The molecule has 5 nitrogen and oxygen atoms in total. The summed E-state index contributed by atoms with van der Waals surface area (Å²) in [5.41, 5.74) is 1.42. The summed E-state index contributed by atoms with van der Waals surface area (Å²) >= 11 is 0. The van der Waals surface area contributed by atoms with Gasteiger partial charge in [0.25, 0.3) is 0 Å². The van der Waals surface area contributed by atoms with Gasteiger partial charge < -0.3 is 14.2 Å². The van der Waals surface area contributed by atoms with E-state index in [2.05, 4.69) is 13.5 Å². The number of unbranched alkanes of at least 4 members (excludes halogenated alkanes) is 6. The number of hydrogen-bond donors (Lipinski definition) is 0. The third-order valence-corrected chi connectivity index (χ3v) is 3.46. The number of esters is 1. The first-order valence-electron chi connectivity index (χ1n) is 8.81. The first-order chi connectivity index (χ1) is 11.5. The monoisotopic (exact) mass is 340 g/mol. The van der Waals surface area contributed by atoms with Crippen molar-refractivity contribution < 1.29 is 23.8 Å². The van der Waals surface area contributed by atoms with E-state index < -0.39 is 6.16 Å². The molecule has 0 unspecified atom stereocenters. The highest BCUT2D eigenvalue weighted by Crippen LogP contribution is 2.14. The molecular weight excluding hydrogens is 308 g/mol. The Morgan fingerprint density at radius 1 is 0.917 bits per heavy atom. The molecule has 0 fully saturated rings. The molecule has 0 N–H and O–H groups in total. The summed E-state index contributed by atoms with van der Waals surface area (Å²) in [5.74, 6) is -0.348. The van der Waals surface area contributed by atoms with Crippen molar-refractivity contribution in [2.24, 2.45) is 0 Å². The van der Waals surface area contributed by atoms with Crippen LogP contribution in [0.3, 0.4) is 0 Å². The minimum atomic E-state index is -0.721. The molecule has 0 aliphatic carbocycles. The Hall–Kier alpha value is -1.78. The van der Waals surface area contributed by atoms with Crippen LogP contribution in [0, 0.1) is 0 Å². The lowest BCUT2D eigenvalue weighted by molar-refractivity contribution is -0.139. The van der Waals surface area contributed by atoms with Gasteiger partial charge >= 0.3 is 12.1 Å². The Balaban J connectivity index is 4.33. The van der Waals surface area contributed by atoms with Crippen LogP contribution in [0.4, 0.5) is 4.79 Å². The Bertz CT molecular complexity index is 412. The van der Waals surface area contributed by atoms with Crippen molar-refractivity contribution in [1.82, 2.24) is 0 Å². The zero-order valence-corrected chi connectivity index (χ0v) is 15.4. The molecule has 0 saturated carbocycles. The lowest BCUT2D eigenvalue weighted by Crippen LogP contribution is -2.12. The number of carbonyl (C=O) groups is 2. The molecule has 0 spiro atoms. The molecule has 0 aromatic heterocycles. The fourth-order valence-electron chi connectivity index (χ4n) is 2.08. The van der Waals surface area contributed by atoms with Gasteiger partial charge in [0.2, 0.25) is 0 Å². The predicted molar refractivity (Wildman–Crippen MR) is 94.8 cm³/mol. The molecule has 138 valence electrons. The van der Waals surface area contributed by atoms with Crippen LogP contribution in [-0.2, 0) is 19.0 Å². The molecule has 0 aliphatic heterocycles. The molecule has 0 aliphatic rings. The molecular formula is C19H32O5. The van der Waals surface area contributed by atoms with E-state index in [4.69, 9.17) is 14.2 Å². The predicted octanol–water partition coefficient (Wildman–Crippen LogP) is 4.96. The standard InChI is InChI=1S/C19H32O5/c1-5-7-8-9-10-11-12-13-18(15-23-17(4)20)16(3)14-24-19(21)22-6-2/h13H,3,5-12,14-15H2,1-2,4H3/b18-13+. The largest absolute Gasteiger partial charge is 0.508 e. The van der Waals surface area contributed by atoms with E-state index in [1.165, 1.54) is 39.0 Å². The normalized spacial score (nSPS) is 11.0. The molecule has 0 amide bonds. The number of hydrogen-bond acceptors (Lipinski definition) is 5. The first-order valence-corrected chi connectivity index (χ1v) is 8.81. The fourth-order valence-corrected chi connectivity index (χ4v) is 2.08. The number of allylic oxidation sites excluding steroid dienone is 1. The zero-order chi connectivity index (χ0) is 18.2. The Labute approximate surface area is 146 Å². The first kappa shape index (κ1) is 22.2. The van der Waals surface area contributed by atoms with E-state index in [0.717, 1.165) is 18.4 Å². The quantitative estimate of drug-likeness (QED) is 0.269.